The van der Waals surface area contributed by atoms with Crippen molar-refractivity contribution in [3.8, 4) is 0 Å². The van der Waals surface area contributed by atoms with Gasteiger partial charge in [0.25, 0.3) is 0 Å². The van der Waals surface area contributed by atoms with Gasteiger partial charge in [-0.25, -0.2) is 8.42 Å². The Kier molecular flexibility index (Phi) is 7.62. The molecule has 3 aromatic rings. The lowest BCUT2D eigenvalue weighted by Gasteiger charge is -2.28. The third-order valence-corrected chi connectivity index (χ3v) is 8.92. The van der Waals surface area contributed by atoms with E-state index < -0.39 is 10.0 Å². The summed E-state index contributed by atoms with van der Waals surface area (Å²) in [7, 11) is -4.02. The van der Waals surface area contributed by atoms with E-state index in [2.05, 4.69) is 15.9 Å². The zero-order valence-electron chi connectivity index (χ0n) is 18.0. The standard InChI is InChI=1S/C24H20BrCl3N2O3S/c1-15-10-17-12-18(25)3-9-23(17)30(15)24(31)14-29(13-16-2-8-21(27)22(28)11-16)34(32,33)20-6-4-19(26)5-7-20/h2-9,11-12,15H,10,13-14H2,1H3/t15-/m1/s1. The molecule has 34 heavy (non-hydrogen) atoms. The zero-order chi connectivity index (χ0) is 24.6. The summed E-state index contributed by atoms with van der Waals surface area (Å²) in [6.07, 6.45) is 0.692. The van der Waals surface area contributed by atoms with Crippen molar-refractivity contribution in [2.24, 2.45) is 0 Å². The third-order valence-electron chi connectivity index (χ3n) is 5.63. The summed E-state index contributed by atoms with van der Waals surface area (Å²) in [4.78, 5) is 15.2. The minimum absolute atomic E-state index is 0.0450. The second kappa shape index (κ2) is 10.2. The lowest BCUT2D eigenvalue weighted by atomic mass is 10.1. The molecule has 1 aliphatic rings. The quantitative estimate of drug-likeness (QED) is 0.320. The fraction of sp³-hybridized carbons (Fsp3) is 0.208. The first-order valence-corrected chi connectivity index (χ1v) is 13.7. The number of carbonyl (C=O) groups excluding carboxylic acids is 1. The molecule has 4 rings (SSSR count). The molecule has 0 saturated heterocycles. The van der Waals surface area contributed by atoms with Gasteiger partial charge in [0, 0.05) is 27.8 Å². The van der Waals surface area contributed by atoms with Gasteiger partial charge in [-0.05, 0) is 79.1 Å². The number of sulfonamides is 1. The Hall–Kier alpha value is -1.61. The van der Waals surface area contributed by atoms with Crippen LogP contribution in [0.4, 0.5) is 5.69 Å². The van der Waals surface area contributed by atoms with Crippen molar-refractivity contribution < 1.29 is 13.2 Å². The van der Waals surface area contributed by atoms with Crippen LogP contribution in [-0.2, 0) is 27.8 Å². The average molecular weight is 603 g/mol. The summed E-state index contributed by atoms with van der Waals surface area (Å²) < 4.78 is 29.2. The molecule has 5 nitrogen and oxygen atoms in total. The van der Waals surface area contributed by atoms with Gasteiger partial charge >= 0.3 is 0 Å². The van der Waals surface area contributed by atoms with Crippen molar-refractivity contribution >= 4 is 72.4 Å². The van der Waals surface area contributed by atoms with Gasteiger partial charge in [-0.3, -0.25) is 4.79 Å². The number of fused-ring (bicyclic) bond motifs is 1. The maximum Gasteiger partial charge on any atom is 0.243 e. The molecular weight excluding hydrogens is 583 g/mol. The molecule has 0 fully saturated rings. The van der Waals surface area contributed by atoms with Crippen LogP contribution in [0.5, 0.6) is 0 Å². The minimum atomic E-state index is -4.02. The Morgan fingerprint density at radius 2 is 1.74 bits per heavy atom. The van der Waals surface area contributed by atoms with E-state index >= 15 is 0 Å². The van der Waals surface area contributed by atoms with E-state index in [-0.39, 0.29) is 29.9 Å². The van der Waals surface area contributed by atoms with E-state index in [1.165, 1.54) is 24.3 Å². The van der Waals surface area contributed by atoms with Gasteiger partial charge < -0.3 is 4.90 Å². The molecule has 0 bridgehead atoms. The molecule has 0 spiro atoms. The summed E-state index contributed by atoms with van der Waals surface area (Å²) in [5.41, 5.74) is 2.43. The van der Waals surface area contributed by atoms with Crippen molar-refractivity contribution in [1.82, 2.24) is 4.31 Å². The van der Waals surface area contributed by atoms with Gasteiger partial charge in [-0.2, -0.15) is 4.31 Å². The number of benzene rings is 3. The van der Waals surface area contributed by atoms with Crippen LogP contribution in [0, 0.1) is 0 Å². The number of amides is 1. The molecular formula is C24H20BrCl3N2O3S. The van der Waals surface area contributed by atoms with E-state index in [1.54, 1.807) is 23.1 Å². The van der Waals surface area contributed by atoms with Crippen molar-refractivity contribution in [2.75, 3.05) is 11.4 Å². The van der Waals surface area contributed by atoms with E-state index in [0.29, 0.717) is 27.1 Å². The van der Waals surface area contributed by atoms with Gasteiger partial charge in [-0.15, -0.1) is 0 Å². The molecule has 1 atom stereocenters. The minimum Gasteiger partial charge on any atom is -0.308 e. The molecule has 1 amide bonds. The Morgan fingerprint density at radius 3 is 2.41 bits per heavy atom. The Bertz CT molecular complexity index is 1350. The van der Waals surface area contributed by atoms with Crippen LogP contribution >= 0.6 is 50.7 Å². The lowest BCUT2D eigenvalue weighted by molar-refractivity contribution is -0.119. The SMILES string of the molecule is C[C@@H]1Cc2cc(Br)ccc2N1C(=O)CN(Cc1ccc(Cl)c(Cl)c1)S(=O)(=O)c1ccc(Cl)cc1. The second-order valence-electron chi connectivity index (χ2n) is 8.07. The van der Waals surface area contributed by atoms with E-state index in [9.17, 15) is 13.2 Å². The molecule has 0 N–H and O–H groups in total. The molecule has 0 saturated carbocycles. The third kappa shape index (κ3) is 5.30. The Morgan fingerprint density at radius 1 is 1.03 bits per heavy atom. The fourth-order valence-corrected chi connectivity index (χ4v) is 6.26. The summed E-state index contributed by atoms with van der Waals surface area (Å²) in [5, 5.41) is 1.09. The fourth-order valence-electron chi connectivity index (χ4n) is 4.03. The van der Waals surface area contributed by atoms with Crippen LogP contribution in [0.1, 0.15) is 18.1 Å². The number of carbonyl (C=O) groups is 1. The number of anilines is 1. The number of halogens is 4. The highest BCUT2D eigenvalue weighted by molar-refractivity contribution is 9.10. The summed E-state index contributed by atoms with van der Waals surface area (Å²) in [6, 6.07) is 16.4. The molecule has 3 aromatic carbocycles. The first-order chi connectivity index (χ1) is 16.1. The van der Waals surface area contributed by atoms with Gasteiger partial charge in [0.1, 0.15) is 0 Å². The molecule has 178 valence electrons. The summed E-state index contributed by atoms with van der Waals surface area (Å²) >= 11 is 21.6. The van der Waals surface area contributed by atoms with Crippen LogP contribution in [0.25, 0.3) is 0 Å². The van der Waals surface area contributed by atoms with Gasteiger partial charge in [0.05, 0.1) is 21.5 Å². The first-order valence-electron chi connectivity index (χ1n) is 10.4. The van der Waals surface area contributed by atoms with Crippen LogP contribution in [0.15, 0.2) is 70.0 Å². The lowest BCUT2D eigenvalue weighted by Crippen LogP contribution is -2.44. The number of hydrogen-bond donors (Lipinski definition) is 0. The number of rotatable bonds is 6. The maximum absolute atomic E-state index is 13.6. The molecule has 0 aromatic heterocycles. The number of nitrogens with zero attached hydrogens (tertiary/aromatic N) is 2. The molecule has 1 aliphatic heterocycles. The maximum atomic E-state index is 13.6. The van der Waals surface area contributed by atoms with Crippen LogP contribution in [0.3, 0.4) is 0 Å². The predicted octanol–water partition coefficient (Wildman–Crippen LogP) is 6.58. The van der Waals surface area contributed by atoms with Gasteiger partial charge in [0.2, 0.25) is 15.9 Å². The zero-order valence-corrected chi connectivity index (χ0v) is 22.7. The van der Waals surface area contributed by atoms with Crippen molar-refractivity contribution in [3.05, 3.63) is 91.3 Å². The number of hydrogen-bond acceptors (Lipinski definition) is 3. The highest BCUT2D eigenvalue weighted by Crippen LogP contribution is 2.35. The van der Waals surface area contributed by atoms with Crippen LogP contribution < -0.4 is 4.90 Å². The van der Waals surface area contributed by atoms with E-state index in [4.69, 9.17) is 34.8 Å². The average Bonchev–Trinajstić information content (AvgIpc) is 3.10. The predicted molar refractivity (Wildman–Crippen MR) is 140 cm³/mol. The van der Waals surface area contributed by atoms with Crippen molar-refractivity contribution in [1.29, 1.82) is 0 Å². The Balaban J connectivity index is 1.68. The molecule has 0 aliphatic carbocycles. The van der Waals surface area contributed by atoms with Crippen LogP contribution in [0.2, 0.25) is 15.1 Å². The highest BCUT2D eigenvalue weighted by atomic mass is 79.9. The van der Waals surface area contributed by atoms with Crippen molar-refractivity contribution in [2.45, 2.75) is 30.8 Å². The molecule has 1 heterocycles. The topological polar surface area (TPSA) is 57.7 Å². The normalized spacial score (nSPS) is 15.6. The monoisotopic (exact) mass is 600 g/mol. The second-order valence-corrected chi connectivity index (χ2v) is 12.2. The first kappa shape index (κ1) is 25.5. The van der Waals surface area contributed by atoms with Crippen molar-refractivity contribution in [3.63, 3.8) is 0 Å². The highest BCUT2D eigenvalue weighted by Gasteiger charge is 2.34. The van der Waals surface area contributed by atoms with E-state index in [0.717, 1.165) is 20.0 Å². The summed E-state index contributed by atoms with van der Waals surface area (Å²) in [5.74, 6) is -0.314. The van der Waals surface area contributed by atoms with Gasteiger partial charge in [-0.1, -0.05) is 56.8 Å². The largest absolute Gasteiger partial charge is 0.308 e. The molecule has 0 radical (unpaired) electrons. The smallest absolute Gasteiger partial charge is 0.243 e. The Labute approximate surface area is 222 Å². The van der Waals surface area contributed by atoms with Gasteiger partial charge in [0.15, 0.2) is 0 Å². The van der Waals surface area contributed by atoms with Crippen LogP contribution in [-0.4, -0.2) is 31.2 Å². The summed E-state index contributed by atoms with van der Waals surface area (Å²) in [6.45, 7) is 1.55. The molecule has 10 heteroatoms. The van der Waals surface area contributed by atoms with E-state index in [1.807, 2.05) is 25.1 Å². The molecule has 0 unspecified atom stereocenters.